The Labute approximate surface area is 118 Å². The summed E-state index contributed by atoms with van der Waals surface area (Å²) in [6.07, 6.45) is 1.40. The summed E-state index contributed by atoms with van der Waals surface area (Å²) in [5, 5.41) is 2.60. The molecule has 0 heterocycles. The van der Waals surface area contributed by atoms with Gasteiger partial charge in [0.15, 0.2) is 0 Å². The summed E-state index contributed by atoms with van der Waals surface area (Å²) >= 11 is 0. The van der Waals surface area contributed by atoms with E-state index < -0.39 is 15.8 Å². The third-order valence-corrected chi connectivity index (χ3v) is 4.03. The molecule has 0 aliphatic carbocycles. The van der Waals surface area contributed by atoms with Gasteiger partial charge in [-0.15, -0.1) is 0 Å². The molecule has 112 valence electrons. The second kappa shape index (κ2) is 7.35. The number of nitrogens with zero attached hydrogens (tertiary/aromatic N) is 1. The molecule has 7 heteroatoms. The number of nitrogens with one attached hydrogen (secondary N) is 1. The summed E-state index contributed by atoms with van der Waals surface area (Å²) in [6, 6.07) is 6.02. The van der Waals surface area contributed by atoms with Gasteiger partial charge in [-0.2, -0.15) is 4.31 Å². The van der Waals surface area contributed by atoms with Gasteiger partial charge in [-0.25, -0.2) is 12.8 Å². The van der Waals surface area contributed by atoms with Gasteiger partial charge < -0.3 is 5.32 Å². The first-order valence-electron chi connectivity index (χ1n) is 6.29. The number of amides is 1. The second-order valence-corrected chi connectivity index (χ2v) is 6.37. The molecule has 5 nitrogen and oxygen atoms in total. The third kappa shape index (κ3) is 5.26. The number of benzene rings is 1. The molecule has 0 aliphatic rings. The highest BCUT2D eigenvalue weighted by atomic mass is 32.2. The van der Waals surface area contributed by atoms with E-state index in [4.69, 9.17) is 0 Å². The van der Waals surface area contributed by atoms with E-state index in [-0.39, 0.29) is 25.5 Å². The van der Waals surface area contributed by atoms with Crippen LogP contribution in [0.15, 0.2) is 24.3 Å². The zero-order chi connectivity index (χ0) is 15.2. The van der Waals surface area contributed by atoms with Crippen molar-refractivity contribution in [3.8, 4) is 0 Å². The Morgan fingerprint density at radius 2 is 2.00 bits per heavy atom. The van der Waals surface area contributed by atoms with Crippen LogP contribution in [0.2, 0.25) is 0 Å². The normalized spacial score (nSPS) is 11.6. The summed E-state index contributed by atoms with van der Waals surface area (Å²) < 4.78 is 38.1. The zero-order valence-corrected chi connectivity index (χ0v) is 12.4. The van der Waals surface area contributed by atoms with Gasteiger partial charge in [-0.05, 0) is 6.07 Å². The molecule has 0 bridgehead atoms. The molecule has 0 spiro atoms. The molecule has 1 rings (SSSR count). The monoisotopic (exact) mass is 302 g/mol. The van der Waals surface area contributed by atoms with Crippen molar-refractivity contribution in [3.05, 3.63) is 35.6 Å². The molecular formula is C13H19FN2O3S. The molecule has 1 amide bonds. The molecule has 0 unspecified atom stereocenters. The molecule has 1 N–H and O–H groups in total. The maximum atomic E-state index is 13.6. The second-order valence-electron chi connectivity index (χ2n) is 4.39. The van der Waals surface area contributed by atoms with Crippen LogP contribution in [0, 0.1) is 5.82 Å². The minimum atomic E-state index is -3.47. The maximum absolute atomic E-state index is 13.6. The van der Waals surface area contributed by atoms with E-state index in [1.807, 2.05) is 0 Å². The summed E-state index contributed by atoms with van der Waals surface area (Å²) in [5.41, 5.74) is 0.305. The fourth-order valence-electron chi connectivity index (χ4n) is 1.62. The number of rotatable bonds is 7. The largest absolute Gasteiger partial charge is 0.355 e. The molecule has 0 atom stereocenters. The molecule has 0 saturated carbocycles. The predicted molar refractivity (Wildman–Crippen MR) is 75.0 cm³/mol. The Hall–Kier alpha value is -1.47. The first kappa shape index (κ1) is 16.6. The predicted octanol–water partition coefficient (Wildman–Crippen LogP) is 1.11. The minimum Gasteiger partial charge on any atom is -0.355 e. The van der Waals surface area contributed by atoms with Gasteiger partial charge in [0.25, 0.3) is 0 Å². The van der Waals surface area contributed by atoms with Crippen molar-refractivity contribution in [2.45, 2.75) is 19.9 Å². The van der Waals surface area contributed by atoms with E-state index in [2.05, 4.69) is 5.32 Å². The van der Waals surface area contributed by atoms with E-state index in [0.29, 0.717) is 12.0 Å². The lowest BCUT2D eigenvalue weighted by molar-refractivity contribution is -0.120. The highest BCUT2D eigenvalue weighted by molar-refractivity contribution is 7.88. The first-order valence-corrected chi connectivity index (χ1v) is 8.14. The van der Waals surface area contributed by atoms with Gasteiger partial charge in [0.05, 0.1) is 6.26 Å². The van der Waals surface area contributed by atoms with Crippen LogP contribution in [-0.4, -0.2) is 38.0 Å². The van der Waals surface area contributed by atoms with Crippen LogP contribution >= 0.6 is 0 Å². The number of hydrogen-bond acceptors (Lipinski definition) is 3. The van der Waals surface area contributed by atoms with Gasteiger partial charge in [0, 0.05) is 31.6 Å². The molecule has 20 heavy (non-hydrogen) atoms. The van der Waals surface area contributed by atoms with Crippen LogP contribution in [0.25, 0.3) is 0 Å². The molecule has 0 saturated heterocycles. The number of halogens is 1. The molecule has 1 aromatic rings. The van der Waals surface area contributed by atoms with Crippen LogP contribution in [0.5, 0.6) is 0 Å². The Morgan fingerprint density at radius 3 is 2.55 bits per heavy atom. The number of hydrogen-bond donors (Lipinski definition) is 1. The van der Waals surface area contributed by atoms with Crippen molar-refractivity contribution in [1.82, 2.24) is 9.62 Å². The zero-order valence-electron chi connectivity index (χ0n) is 11.6. The topological polar surface area (TPSA) is 66.5 Å². The van der Waals surface area contributed by atoms with E-state index in [9.17, 15) is 17.6 Å². The van der Waals surface area contributed by atoms with Crippen molar-refractivity contribution in [1.29, 1.82) is 0 Å². The molecule has 1 aromatic carbocycles. The van der Waals surface area contributed by atoms with Gasteiger partial charge >= 0.3 is 0 Å². The molecule has 0 radical (unpaired) electrons. The fraction of sp³-hybridized carbons (Fsp3) is 0.462. The SMILES string of the molecule is CCC(=O)NCCN(Cc1ccccc1F)S(C)(=O)=O. The summed E-state index contributed by atoms with van der Waals surface area (Å²) in [4.78, 5) is 11.1. The minimum absolute atomic E-state index is 0.0481. The first-order chi connectivity index (χ1) is 9.34. The Kier molecular flexibility index (Phi) is 6.09. The highest BCUT2D eigenvalue weighted by Crippen LogP contribution is 2.11. The van der Waals surface area contributed by atoms with Crippen molar-refractivity contribution in [3.63, 3.8) is 0 Å². The lowest BCUT2D eigenvalue weighted by Crippen LogP contribution is -2.37. The van der Waals surface area contributed by atoms with Crippen molar-refractivity contribution in [2.24, 2.45) is 0 Å². The number of carbonyl (C=O) groups is 1. The van der Waals surface area contributed by atoms with Crippen LogP contribution in [0.1, 0.15) is 18.9 Å². The summed E-state index contributed by atoms with van der Waals surface area (Å²) in [7, 11) is -3.47. The van der Waals surface area contributed by atoms with Crippen LogP contribution in [0.3, 0.4) is 0 Å². The Balaban J connectivity index is 2.72. The summed E-state index contributed by atoms with van der Waals surface area (Å²) in [6.45, 7) is 1.98. The molecule has 0 fully saturated rings. The van der Waals surface area contributed by atoms with Gasteiger partial charge in [0.1, 0.15) is 5.82 Å². The molecule has 0 aliphatic heterocycles. The van der Waals surface area contributed by atoms with E-state index in [1.165, 1.54) is 12.1 Å². The third-order valence-electron chi connectivity index (χ3n) is 2.78. The quantitative estimate of drug-likeness (QED) is 0.820. The Bertz CT molecular complexity index is 560. The Morgan fingerprint density at radius 1 is 1.35 bits per heavy atom. The average molecular weight is 302 g/mol. The van der Waals surface area contributed by atoms with Crippen LogP contribution < -0.4 is 5.32 Å². The standard InChI is InChI=1S/C13H19FN2O3S/c1-3-13(17)15-8-9-16(20(2,18)19)10-11-6-4-5-7-12(11)14/h4-7H,3,8-10H2,1-2H3,(H,15,17). The van der Waals surface area contributed by atoms with Gasteiger partial charge in [-0.3, -0.25) is 4.79 Å². The van der Waals surface area contributed by atoms with E-state index in [1.54, 1.807) is 19.1 Å². The van der Waals surface area contributed by atoms with Gasteiger partial charge in [-0.1, -0.05) is 25.1 Å². The smallest absolute Gasteiger partial charge is 0.219 e. The highest BCUT2D eigenvalue weighted by Gasteiger charge is 2.18. The lowest BCUT2D eigenvalue weighted by atomic mass is 10.2. The van der Waals surface area contributed by atoms with Crippen molar-refractivity contribution >= 4 is 15.9 Å². The van der Waals surface area contributed by atoms with Crippen molar-refractivity contribution in [2.75, 3.05) is 19.3 Å². The fourth-order valence-corrected chi connectivity index (χ4v) is 2.42. The average Bonchev–Trinajstić information content (AvgIpc) is 2.38. The maximum Gasteiger partial charge on any atom is 0.219 e. The van der Waals surface area contributed by atoms with Crippen molar-refractivity contribution < 1.29 is 17.6 Å². The van der Waals surface area contributed by atoms with E-state index >= 15 is 0 Å². The lowest BCUT2D eigenvalue weighted by Gasteiger charge is -2.20. The van der Waals surface area contributed by atoms with Crippen LogP contribution in [-0.2, 0) is 21.4 Å². The number of sulfonamides is 1. The molecule has 0 aromatic heterocycles. The summed E-state index contributed by atoms with van der Waals surface area (Å²) in [5.74, 6) is -0.594. The van der Waals surface area contributed by atoms with E-state index in [0.717, 1.165) is 10.6 Å². The van der Waals surface area contributed by atoms with Crippen LogP contribution in [0.4, 0.5) is 4.39 Å². The van der Waals surface area contributed by atoms with Gasteiger partial charge in [0.2, 0.25) is 15.9 Å². The molecular weight excluding hydrogens is 283 g/mol. The number of carbonyl (C=O) groups excluding carboxylic acids is 1.